The van der Waals surface area contributed by atoms with Crippen LogP contribution in [-0.2, 0) is 11.2 Å². The number of Topliss-reactive ketones (excluding diaryl/α,β-unsaturated/α-hetero) is 1. The number of hydrogen-bond acceptors (Lipinski definition) is 9. The second-order valence-electron chi connectivity index (χ2n) is 12.4. The third-order valence-corrected chi connectivity index (χ3v) is 9.06. The van der Waals surface area contributed by atoms with E-state index in [-0.39, 0.29) is 22.8 Å². The number of carbonyl (C=O) groups excluding carboxylic acids is 2. The van der Waals surface area contributed by atoms with Crippen LogP contribution >= 0.6 is 0 Å². The molecule has 2 aliphatic rings. The molecule has 1 fully saturated rings. The van der Waals surface area contributed by atoms with Crippen molar-refractivity contribution >= 4 is 28.3 Å². The number of rotatable bonds is 11. The van der Waals surface area contributed by atoms with E-state index in [9.17, 15) is 14.4 Å². The summed E-state index contributed by atoms with van der Waals surface area (Å²) in [6, 6.07) is 19.3. The van der Waals surface area contributed by atoms with Gasteiger partial charge in [0.05, 0.1) is 32.4 Å². The Bertz CT molecular complexity index is 2150. The minimum atomic E-state index is -0.759. The van der Waals surface area contributed by atoms with Crippen molar-refractivity contribution in [2.75, 3.05) is 51.9 Å². The van der Waals surface area contributed by atoms with Gasteiger partial charge in [0.2, 0.25) is 0 Å². The molecular weight excluding hydrogens is 655 g/mol. The van der Waals surface area contributed by atoms with Gasteiger partial charge in [-0.15, -0.1) is 0 Å². The van der Waals surface area contributed by atoms with Gasteiger partial charge in [-0.2, -0.15) is 0 Å². The molecule has 262 valence electrons. The lowest BCUT2D eigenvalue weighted by molar-refractivity contribution is 0.0357. The van der Waals surface area contributed by atoms with Crippen LogP contribution in [0.3, 0.4) is 0 Å². The summed E-state index contributed by atoms with van der Waals surface area (Å²) in [5.74, 6) is -0.353. The van der Waals surface area contributed by atoms with Crippen LogP contribution in [0, 0.1) is 5.82 Å². The molecule has 3 aromatic carbocycles. The van der Waals surface area contributed by atoms with E-state index in [0.29, 0.717) is 71.0 Å². The molecule has 11 nitrogen and oxygen atoms in total. The predicted octanol–water partition coefficient (Wildman–Crippen LogP) is 6.20. The first kappa shape index (κ1) is 33.9. The summed E-state index contributed by atoms with van der Waals surface area (Å²) in [7, 11) is 1.55. The lowest BCUT2D eigenvalue weighted by Gasteiger charge is -2.26. The number of amides is 1. The Morgan fingerprint density at radius 3 is 2.55 bits per heavy atom. The zero-order valence-electron chi connectivity index (χ0n) is 28.2. The highest BCUT2D eigenvalue weighted by molar-refractivity contribution is 6.07. The van der Waals surface area contributed by atoms with Crippen molar-refractivity contribution in [2.45, 2.75) is 25.7 Å². The van der Waals surface area contributed by atoms with Crippen molar-refractivity contribution in [1.82, 2.24) is 14.5 Å². The number of anilines is 1. The second kappa shape index (κ2) is 15.1. The maximum atomic E-state index is 15.5. The number of hydrogen-bond donors (Lipinski definition) is 1. The quantitative estimate of drug-likeness (QED) is 0.161. The Balaban J connectivity index is 1.08. The number of ketones is 1. The molecule has 12 heteroatoms. The maximum absolute atomic E-state index is 15.5. The van der Waals surface area contributed by atoms with Crippen molar-refractivity contribution in [2.24, 2.45) is 0 Å². The molecule has 1 aliphatic carbocycles. The predicted molar refractivity (Wildman–Crippen MR) is 189 cm³/mol. The minimum absolute atomic E-state index is 0.0892. The van der Waals surface area contributed by atoms with E-state index in [1.165, 1.54) is 22.8 Å². The highest BCUT2D eigenvalue weighted by Gasteiger charge is 2.26. The fourth-order valence-electron chi connectivity index (χ4n) is 6.47. The number of nitrogens with zero attached hydrogens (tertiary/aromatic N) is 3. The maximum Gasteiger partial charge on any atom is 0.268 e. The normalized spacial score (nSPS) is 14.6. The molecule has 0 saturated carbocycles. The highest BCUT2D eigenvalue weighted by Crippen LogP contribution is 2.38. The Morgan fingerprint density at radius 1 is 0.941 bits per heavy atom. The smallest absolute Gasteiger partial charge is 0.268 e. The van der Waals surface area contributed by atoms with E-state index >= 15 is 4.39 Å². The lowest BCUT2D eigenvalue weighted by Crippen LogP contribution is -2.37. The molecule has 0 atom stereocenters. The second-order valence-corrected chi connectivity index (χ2v) is 12.4. The SMILES string of the molecule is COc1cc2c(Oc3ccc(NC(=O)c4cc5c(n(-c6ccccc6)c4=O)CCCC5=O)cc3F)ccnc2cc1OCCCN1CCOCC1. The molecule has 1 saturated heterocycles. The van der Waals surface area contributed by atoms with Gasteiger partial charge in [0.25, 0.3) is 11.5 Å². The van der Waals surface area contributed by atoms with Crippen molar-refractivity contribution in [3.63, 3.8) is 0 Å². The summed E-state index contributed by atoms with van der Waals surface area (Å²) >= 11 is 0. The summed E-state index contributed by atoms with van der Waals surface area (Å²) in [6.45, 7) is 4.74. The van der Waals surface area contributed by atoms with Gasteiger partial charge in [-0.3, -0.25) is 28.8 Å². The first-order valence-electron chi connectivity index (χ1n) is 17.0. The molecule has 5 aromatic rings. The molecule has 1 N–H and O–H groups in total. The van der Waals surface area contributed by atoms with Crippen molar-refractivity contribution in [3.8, 4) is 28.7 Å². The van der Waals surface area contributed by atoms with E-state index in [1.807, 2.05) is 6.07 Å². The van der Waals surface area contributed by atoms with Crippen LogP contribution in [0.2, 0.25) is 0 Å². The zero-order chi connectivity index (χ0) is 35.3. The molecule has 2 aromatic heterocycles. The molecule has 1 aliphatic heterocycles. The molecule has 0 unspecified atom stereocenters. The van der Waals surface area contributed by atoms with Crippen LogP contribution in [0.1, 0.15) is 45.7 Å². The zero-order valence-corrected chi connectivity index (χ0v) is 28.2. The standard InChI is InChI=1S/C39H37FN4O7/c1-48-36-23-27-31(24-37(36)50-18-6-15-43-16-19-49-20-17-43)41-14-13-34(27)51-35-12-11-25(21-30(35)40)42-38(46)29-22-28-32(9-5-10-33(28)45)44(39(29)47)26-7-3-2-4-8-26/h2-4,7-8,11-14,21-24H,5-6,9-10,15-20H2,1H3,(H,42,46). The number of aromatic nitrogens is 2. The monoisotopic (exact) mass is 692 g/mol. The van der Waals surface area contributed by atoms with Crippen molar-refractivity contribution in [1.29, 1.82) is 0 Å². The third kappa shape index (κ3) is 7.33. The van der Waals surface area contributed by atoms with E-state index in [0.717, 1.165) is 45.3 Å². The van der Waals surface area contributed by atoms with Crippen LogP contribution in [0.5, 0.6) is 23.0 Å². The summed E-state index contributed by atoms with van der Waals surface area (Å²) in [6.07, 6.45) is 3.88. The first-order valence-corrected chi connectivity index (χ1v) is 17.0. The topological polar surface area (TPSA) is 121 Å². The van der Waals surface area contributed by atoms with Gasteiger partial charge in [0.1, 0.15) is 11.3 Å². The average molecular weight is 693 g/mol. The number of morpholine rings is 1. The number of carbonyl (C=O) groups is 2. The van der Waals surface area contributed by atoms with E-state index in [1.54, 1.807) is 55.8 Å². The summed E-state index contributed by atoms with van der Waals surface area (Å²) in [5.41, 5.74) is 1.38. The summed E-state index contributed by atoms with van der Waals surface area (Å²) < 4.78 is 40.0. The van der Waals surface area contributed by atoms with Gasteiger partial charge in [0.15, 0.2) is 28.8 Å². The Kier molecular flexibility index (Phi) is 10.0. The van der Waals surface area contributed by atoms with Crippen LogP contribution < -0.4 is 25.1 Å². The van der Waals surface area contributed by atoms with E-state index < -0.39 is 17.3 Å². The number of halogens is 1. The van der Waals surface area contributed by atoms with Gasteiger partial charge in [-0.25, -0.2) is 4.39 Å². The summed E-state index contributed by atoms with van der Waals surface area (Å²) in [5, 5.41) is 3.20. The van der Waals surface area contributed by atoms with Gasteiger partial charge < -0.3 is 24.3 Å². The Morgan fingerprint density at radius 2 is 1.76 bits per heavy atom. The fourth-order valence-corrected chi connectivity index (χ4v) is 6.47. The molecule has 3 heterocycles. The molecular formula is C39H37FN4O7. The molecule has 1 amide bonds. The average Bonchev–Trinajstić information content (AvgIpc) is 3.15. The van der Waals surface area contributed by atoms with Gasteiger partial charge in [-0.1, -0.05) is 18.2 Å². The molecule has 0 radical (unpaired) electrons. The largest absolute Gasteiger partial charge is 0.493 e. The van der Waals surface area contributed by atoms with Gasteiger partial charge >= 0.3 is 0 Å². The van der Waals surface area contributed by atoms with Crippen LogP contribution in [0.4, 0.5) is 10.1 Å². The Hall–Kier alpha value is -5.59. The molecule has 0 spiro atoms. The van der Waals surface area contributed by atoms with Gasteiger partial charge in [-0.05, 0) is 61.7 Å². The van der Waals surface area contributed by atoms with Crippen LogP contribution in [-0.4, -0.2) is 72.7 Å². The minimum Gasteiger partial charge on any atom is -0.493 e. The number of pyridine rings is 2. The fraction of sp³-hybridized carbons (Fsp3) is 0.282. The van der Waals surface area contributed by atoms with Crippen LogP contribution in [0.15, 0.2) is 83.8 Å². The molecule has 51 heavy (non-hydrogen) atoms. The number of fused-ring (bicyclic) bond motifs is 2. The highest BCUT2D eigenvalue weighted by atomic mass is 19.1. The molecule has 7 rings (SSSR count). The van der Waals surface area contributed by atoms with Crippen molar-refractivity contribution < 1.29 is 32.9 Å². The Labute approximate surface area is 293 Å². The van der Waals surface area contributed by atoms with Crippen molar-refractivity contribution in [3.05, 3.63) is 112 Å². The number of para-hydroxylation sites is 1. The number of methoxy groups -OCH3 is 1. The third-order valence-electron chi connectivity index (χ3n) is 9.06. The van der Waals surface area contributed by atoms with Crippen LogP contribution in [0.25, 0.3) is 16.6 Å². The number of benzene rings is 3. The lowest BCUT2D eigenvalue weighted by atomic mass is 9.92. The first-order chi connectivity index (χ1) is 24.9. The number of nitrogens with one attached hydrogen (secondary N) is 1. The van der Waals surface area contributed by atoms with E-state index in [4.69, 9.17) is 18.9 Å². The van der Waals surface area contributed by atoms with E-state index in [2.05, 4.69) is 15.2 Å². The van der Waals surface area contributed by atoms with Gasteiger partial charge in [0, 0.05) is 72.4 Å². The summed E-state index contributed by atoms with van der Waals surface area (Å²) in [4.78, 5) is 46.8. The molecule has 0 bridgehead atoms. The number of ether oxygens (including phenoxy) is 4.